The second kappa shape index (κ2) is 25.4. The predicted octanol–water partition coefficient (Wildman–Crippen LogP) is 0.523. The molecule has 0 rings (SSSR count). The number of hydrogen-bond donors (Lipinski definition) is 1. The molecule has 0 aromatic heterocycles. The van der Waals surface area contributed by atoms with Crippen LogP contribution in [0.3, 0.4) is 0 Å². The first-order chi connectivity index (χ1) is 22.7. The number of rotatable bonds is 30. The molecule has 48 heavy (non-hydrogen) atoms. The molecule has 0 bridgehead atoms. The third-order valence-electron chi connectivity index (χ3n) is 6.20. The van der Waals surface area contributed by atoms with Crippen molar-refractivity contribution in [2.75, 3.05) is 107 Å². The number of esters is 3. The van der Waals surface area contributed by atoms with E-state index in [2.05, 4.69) is 4.52 Å². The molecule has 0 saturated carbocycles. The molecule has 0 aliphatic carbocycles. The normalized spacial score (nSPS) is 14.0. The van der Waals surface area contributed by atoms with Crippen molar-refractivity contribution in [3.63, 3.8) is 0 Å². The lowest BCUT2D eigenvalue weighted by molar-refractivity contribution is -0.245. The number of carboxylic acid groups (broad SMARTS) is 1. The molecule has 1 N–H and O–H groups in total. The summed E-state index contributed by atoms with van der Waals surface area (Å²) in [5, 5.41) is 9.77. The molecule has 3 atom stereocenters. The standard InChI is InChI=1S/C29H51O18P/c1-27(17-36-4,18-37-5)25(34)45-29(3,24(32)33)46-26(35)28(2,19-38-6)20-43-21-42-14-13-40-10-9-39-11-12-41-15-16-44-22(30)7-8-23(31)47-48/h7-21,48H2,1-6H3,(H,32,33). The van der Waals surface area contributed by atoms with Crippen molar-refractivity contribution in [1.82, 2.24) is 0 Å². The average Bonchev–Trinajstić information content (AvgIpc) is 3.03. The first-order valence-electron chi connectivity index (χ1n) is 14.8. The number of hydrogen-bond acceptors (Lipinski definition) is 17. The highest BCUT2D eigenvalue weighted by molar-refractivity contribution is 7.10. The third-order valence-corrected chi connectivity index (χ3v) is 6.46. The van der Waals surface area contributed by atoms with Gasteiger partial charge < -0.3 is 61.7 Å². The largest absolute Gasteiger partial charge is 0.475 e. The lowest BCUT2D eigenvalue weighted by Crippen LogP contribution is -2.52. The maximum Gasteiger partial charge on any atom is 0.390 e. The van der Waals surface area contributed by atoms with Crippen molar-refractivity contribution in [1.29, 1.82) is 0 Å². The monoisotopic (exact) mass is 718 g/mol. The number of carbonyl (C=O) groups excluding carboxylic acids is 4. The fourth-order valence-electron chi connectivity index (χ4n) is 3.58. The van der Waals surface area contributed by atoms with Crippen molar-refractivity contribution in [2.45, 2.75) is 39.4 Å². The van der Waals surface area contributed by atoms with Gasteiger partial charge in [-0.2, -0.15) is 0 Å². The summed E-state index contributed by atoms with van der Waals surface area (Å²) in [5.74, 6) is -7.47. The highest BCUT2D eigenvalue weighted by Gasteiger charge is 2.50. The summed E-state index contributed by atoms with van der Waals surface area (Å²) in [4.78, 5) is 60.4. The van der Waals surface area contributed by atoms with Gasteiger partial charge in [-0.1, -0.05) is 0 Å². The second-order valence-electron chi connectivity index (χ2n) is 10.9. The van der Waals surface area contributed by atoms with Crippen molar-refractivity contribution in [3.8, 4) is 0 Å². The third kappa shape index (κ3) is 18.9. The number of aliphatic carboxylic acids is 1. The van der Waals surface area contributed by atoms with Gasteiger partial charge in [-0.15, -0.1) is 0 Å². The van der Waals surface area contributed by atoms with Crippen LogP contribution < -0.4 is 0 Å². The lowest BCUT2D eigenvalue weighted by Gasteiger charge is -2.34. The van der Waals surface area contributed by atoms with E-state index in [1.165, 1.54) is 35.2 Å². The molecule has 0 aliphatic rings. The molecule has 3 unspecified atom stereocenters. The van der Waals surface area contributed by atoms with Crippen LogP contribution in [-0.2, 0) is 80.6 Å². The Labute approximate surface area is 282 Å². The van der Waals surface area contributed by atoms with E-state index >= 15 is 0 Å². The summed E-state index contributed by atoms with van der Waals surface area (Å²) in [6.45, 7) is 4.67. The van der Waals surface area contributed by atoms with Crippen LogP contribution in [-0.4, -0.2) is 148 Å². The smallest absolute Gasteiger partial charge is 0.390 e. The Morgan fingerprint density at radius 2 is 0.958 bits per heavy atom. The van der Waals surface area contributed by atoms with Crippen molar-refractivity contribution in [2.24, 2.45) is 10.8 Å². The SMILES string of the molecule is COCC(C)(COC)C(=O)OC(C)(OC(=O)C(C)(COC)COCOCCOCCOCCOCCOC(=O)CCC(=O)OP)C(=O)O. The minimum absolute atomic E-state index is 0.0576. The van der Waals surface area contributed by atoms with Gasteiger partial charge in [0.2, 0.25) is 0 Å². The van der Waals surface area contributed by atoms with E-state index in [0.29, 0.717) is 19.8 Å². The van der Waals surface area contributed by atoms with Gasteiger partial charge in [-0.25, -0.2) is 4.79 Å². The molecule has 280 valence electrons. The van der Waals surface area contributed by atoms with Crippen molar-refractivity contribution >= 4 is 39.3 Å². The molecule has 18 nitrogen and oxygen atoms in total. The van der Waals surface area contributed by atoms with Crippen molar-refractivity contribution < 1.29 is 85.7 Å². The quantitative estimate of drug-likeness (QED) is 0.0463. The van der Waals surface area contributed by atoms with Gasteiger partial charge in [-0.3, -0.25) is 19.2 Å². The fraction of sp³-hybridized carbons (Fsp3) is 0.828. The van der Waals surface area contributed by atoms with Gasteiger partial charge in [0, 0.05) is 28.3 Å². The van der Waals surface area contributed by atoms with Crippen LogP contribution in [0, 0.1) is 10.8 Å². The number of methoxy groups -OCH3 is 3. The zero-order valence-corrected chi connectivity index (χ0v) is 29.7. The Balaban J connectivity index is 4.34. The van der Waals surface area contributed by atoms with Gasteiger partial charge in [0.15, 0.2) is 0 Å². The molecule has 0 aliphatic heterocycles. The molecule has 19 heteroatoms. The van der Waals surface area contributed by atoms with E-state index in [9.17, 15) is 29.1 Å². The summed E-state index contributed by atoms with van der Waals surface area (Å²) in [7, 11) is 5.86. The van der Waals surface area contributed by atoms with Crippen LogP contribution in [0.15, 0.2) is 0 Å². The molecule has 0 aromatic rings. The van der Waals surface area contributed by atoms with Gasteiger partial charge >= 0.3 is 35.6 Å². The van der Waals surface area contributed by atoms with E-state index in [4.69, 9.17) is 52.1 Å². The zero-order chi connectivity index (χ0) is 36.5. The molecule has 0 fully saturated rings. The lowest BCUT2D eigenvalue weighted by atomic mass is 9.92. The van der Waals surface area contributed by atoms with E-state index < -0.39 is 46.5 Å². The van der Waals surface area contributed by atoms with Crippen molar-refractivity contribution in [3.05, 3.63) is 0 Å². The summed E-state index contributed by atoms with van der Waals surface area (Å²) >= 11 is 0. The molecular weight excluding hydrogens is 667 g/mol. The van der Waals surface area contributed by atoms with Gasteiger partial charge in [0.1, 0.15) is 24.2 Å². The highest BCUT2D eigenvalue weighted by Crippen LogP contribution is 2.28. The molecule has 0 heterocycles. The van der Waals surface area contributed by atoms with E-state index in [-0.39, 0.29) is 79.1 Å². The van der Waals surface area contributed by atoms with Gasteiger partial charge in [-0.05, 0) is 13.8 Å². The molecular formula is C29H51O18P. The first-order valence-corrected chi connectivity index (χ1v) is 15.3. The summed E-state index contributed by atoms with van der Waals surface area (Å²) in [6.07, 6.45) is -0.125. The summed E-state index contributed by atoms with van der Waals surface area (Å²) < 4.78 is 61.7. The fourth-order valence-corrected chi connectivity index (χ4v) is 3.70. The van der Waals surface area contributed by atoms with Crippen LogP contribution in [0.1, 0.15) is 33.6 Å². The Morgan fingerprint density at radius 3 is 1.38 bits per heavy atom. The van der Waals surface area contributed by atoms with E-state index in [1.54, 1.807) is 0 Å². The maximum absolute atomic E-state index is 13.1. The topological polar surface area (TPSA) is 216 Å². The van der Waals surface area contributed by atoms with E-state index in [0.717, 1.165) is 6.92 Å². The molecule has 0 aromatic carbocycles. The Bertz CT molecular complexity index is 958. The Hall–Kier alpha value is -2.54. The molecule has 0 saturated heterocycles. The minimum Gasteiger partial charge on any atom is -0.475 e. The number of carboxylic acids is 1. The van der Waals surface area contributed by atoms with E-state index in [1.807, 2.05) is 9.47 Å². The van der Waals surface area contributed by atoms with Crippen LogP contribution >= 0.6 is 9.47 Å². The summed E-state index contributed by atoms with van der Waals surface area (Å²) in [6, 6.07) is 0. The predicted molar refractivity (Wildman–Crippen MR) is 165 cm³/mol. The summed E-state index contributed by atoms with van der Waals surface area (Å²) in [5.41, 5.74) is -2.86. The number of ether oxygens (including phenoxy) is 11. The Morgan fingerprint density at radius 1 is 0.562 bits per heavy atom. The maximum atomic E-state index is 13.1. The minimum atomic E-state index is -2.67. The molecule has 0 radical (unpaired) electrons. The highest BCUT2D eigenvalue weighted by atomic mass is 31.0. The van der Waals surface area contributed by atoms with Crippen LogP contribution in [0.2, 0.25) is 0 Å². The molecule has 0 amide bonds. The average molecular weight is 719 g/mol. The van der Waals surface area contributed by atoms with Crippen LogP contribution in [0.25, 0.3) is 0 Å². The second-order valence-corrected chi connectivity index (χ2v) is 11.1. The van der Waals surface area contributed by atoms with Gasteiger partial charge in [0.05, 0.1) is 95.0 Å². The molecule has 0 spiro atoms. The van der Waals surface area contributed by atoms with Gasteiger partial charge in [0.25, 0.3) is 0 Å². The number of carbonyl (C=O) groups is 5. The Kier molecular flexibility index (Phi) is 24.1. The van der Waals surface area contributed by atoms with Crippen LogP contribution in [0.4, 0.5) is 0 Å². The first kappa shape index (κ1) is 45.5. The zero-order valence-electron chi connectivity index (χ0n) is 28.6. The van der Waals surface area contributed by atoms with Crippen LogP contribution in [0.5, 0.6) is 0 Å².